The summed E-state index contributed by atoms with van der Waals surface area (Å²) in [6.07, 6.45) is 1.01. The molecule has 9 heteroatoms. The van der Waals surface area contributed by atoms with Crippen LogP contribution in [0.4, 0.5) is 11.4 Å². The summed E-state index contributed by atoms with van der Waals surface area (Å²) in [4.78, 5) is 33.9. The quantitative estimate of drug-likeness (QED) is 0.203. The van der Waals surface area contributed by atoms with Gasteiger partial charge in [-0.15, -0.1) is 0 Å². The molecule has 0 bridgehead atoms. The fourth-order valence-electron chi connectivity index (χ4n) is 1.55. The Bertz CT molecular complexity index is 624. The second-order valence-electron chi connectivity index (χ2n) is 4.06. The van der Waals surface area contributed by atoms with E-state index in [4.69, 9.17) is 21.1 Å². The summed E-state index contributed by atoms with van der Waals surface area (Å²) in [5.74, 6) is -1.79. The van der Waals surface area contributed by atoms with E-state index in [-0.39, 0.29) is 29.6 Å². The molecule has 0 aliphatic heterocycles. The Morgan fingerprint density at radius 3 is 2.30 bits per heavy atom. The number of hydrogen-bond donors (Lipinski definition) is 1. The zero-order valence-corrected chi connectivity index (χ0v) is 13.3. The van der Waals surface area contributed by atoms with Gasteiger partial charge in [0.25, 0.3) is 5.69 Å². The zero-order chi connectivity index (χ0) is 17.4. The van der Waals surface area contributed by atoms with Gasteiger partial charge in [-0.1, -0.05) is 11.6 Å². The van der Waals surface area contributed by atoms with Gasteiger partial charge < -0.3 is 14.8 Å². The van der Waals surface area contributed by atoms with Crippen molar-refractivity contribution >= 4 is 34.9 Å². The molecular weight excluding hydrogens is 328 g/mol. The highest BCUT2D eigenvalue weighted by Gasteiger charge is 2.22. The summed E-state index contributed by atoms with van der Waals surface area (Å²) < 4.78 is 9.51. The Hall–Kier alpha value is -2.61. The number of nitro groups is 1. The molecule has 0 heterocycles. The standard InChI is InChI=1S/C14H15ClN2O6/c1-3-22-13(18)10(14(19)23-4-2)8-16-11-6-5-9(15)7-12(11)17(20)21/h5-8,16H,3-4H2,1-2H3. The maximum absolute atomic E-state index is 11.8. The van der Waals surface area contributed by atoms with Gasteiger partial charge in [-0.3, -0.25) is 10.1 Å². The number of ether oxygens (including phenoxy) is 2. The Kier molecular flexibility index (Phi) is 7.01. The van der Waals surface area contributed by atoms with E-state index in [1.165, 1.54) is 12.1 Å². The predicted octanol–water partition coefficient (Wildman–Crippen LogP) is 2.67. The minimum Gasteiger partial charge on any atom is -0.462 e. The van der Waals surface area contributed by atoms with Gasteiger partial charge >= 0.3 is 11.9 Å². The number of nitrogens with one attached hydrogen (secondary N) is 1. The first-order valence-corrected chi connectivity index (χ1v) is 7.03. The summed E-state index contributed by atoms with van der Waals surface area (Å²) >= 11 is 5.71. The molecule has 23 heavy (non-hydrogen) atoms. The first kappa shape index (κ1) is 18.4. The number of nitrogens with zero attached hydrogens (tertiary/aromatic N) is 1. The molecule has 0 atom stereocenters. The van der Waals surface area contributed by atoms with Crippen LogP contribution in [0.25, 0.3) is 0 Å². The van der Waals surface area contributed by atoms with E-state index in [0.29, 0.717) is 0 Å². The third kappa shape index (κ3) is 5.26. The van der Waals surface area contributed by atoms with E-state index in [1.807, 2.05) is 0 Å². The van der Waals surface area contributed by atoms with Crippen LogP contribution in [0.5, 0.6) is 0 Å². The molecule has 0 amide bonds. The molecule has 0 aliphatic rings. The lowest BCUT2D eigenvalue weighted by molar-refractivity contribution is -0.383. The second kappa shape index (κ2) is 8.74. The lowest BCUT2D eigenvalue weighted by Crippen LogP contribution is -2.19. The van der Waals surface area contributed by atoms with Crippen molar-refractivity contribution in [2.45, 2.75) is 13.8 Å². The summed E-state index contributed by atoms with van der Waals surface area (Å²) in [7, 11) is 0. The van der Waals surface area contributed by atoms with Gasteiger partial charge in [0, 0.05) is 17.3 Å². The first-order valence-electron chi connectivity index (χ1n) is 6.65. The molecule has 0 spiro atoms. The SMILES string of the molecule is CCOC(=O)C(=CNc1ccc(Cl)cc1[N+](=O)[O-])C(=O)OCC. The van der Waals surface area contributed by atoms with Gasteiger partial charge in [0.05, 0.1) is 18.1 Å². The summed E-state index contributed by atoms with van der Waals surface area (Å²) in [5, 5.41) is 13.7. The van der Waals surface area contributed by atoms with Crippen LogP contribution in [0.3, 0.4) is 0 Å². The van der Waals surface area contributed by atoms with Gasteiger partial charge in [-0.25, -0.2) is 9.59 Å². The molecule has 8 nitrogen and oxygen atoms in total. The Morgan fingerprint density at radius 1 is 1.26 bits per heavy atom. The summed E-state index contributed by atoms with van der Waals surface area (Å²) in [6.45, 7) is 3.30. The van der Waals surface area contributed by atoms with Crippen LogP contribution in [0.2, 0.25) is 5.02 Å². The van der Waals surface area contributed by atoms with Crippen molar-refractivity contribution in [1.29, 1.82) is 0 Å². The molecule has 0 fully saturated rings. The average molecular weight is 343 g/mol. The molecule has 0 saturated carbocycles. The second-order valence-corrected chi connectivity index (χ2v) is 4.50. The lowest BCUT2D eigenvalue weighted by atomic mass is 10.2. The van der Waals surface area contributed by atoms with Gasteiger partial charge in [0.1, 0.15) is 5.69 Å². The third-order valence-electron chi connectivity index (χ3n) is 2.52. The van der Waals surface area contributed by atoms with Gasteiger partial charge in [-0.05, 0) is 26.0 Å². The molecule has 1 N–H and O–H groups in total. The minimum atomic E-state index is -0.893. The monoisotopic (exact) mass is 342 g/mol. The zero-order valence-electron chi connectivity index (χ0n) is 12.5. The molecule has 1 aromatic carbocycles. The highest BCUT2D eigenvalue weighted by Crippen LogP contribution is 2.27. The largest absolute Gasteiger partial charge is 0.462 e. The highest BCUT2D eigenvalue weighted by molar-refractivity contribution is 6.30. The number of anilines is 1. The number of nitro benzene ring substituents is 1. The molecule has 0 aromatic heterocycles. The van der Waals surface area contributed by atoms with E-state index < -0.39 is 22.4 Å². The molecule has 0 unspecified atom stereocenters. The highest BCUT2D eigenvalue weighted by atomic mass is 35.5. The van der Waals surface area contributed by atoms with Crippen molar-refractivity contribution < 1.29 is 24.0 Å². The Balaban J connectivity index is 3.12. The minimum absolute atomic E-state index is 0.0606. The fraction of sp³-hybridized carbons (Fsp3) is 0.286. The molecule has 0 aliphatic carbocycles. The van der Waals surface area contributed by atoms with Crippen LogP contribution in [-0.4, -0.2) is 30.1 Å². The van der Waals surface area contributed by atoms with E-state index >= 15 is 0 Å². The van der Waals surface area contributed by atoms with Crippen molar-refractivity contribution in [3.63, 3.8) is 0 Å². The topological polar surface area (TPSA) is 108 Å². The lowest BCUT2D eigenvalue weighted by Gasteiger charge is -2.08. The van der Waals surface area contributed by atoms with Crippen LogP contribution < -0.4 is 5.32 Å². The number of benzene rings is 1. The predicted molar refractivity (Wildman–Crippen MR) is 83.1 cm³/mol. The molecule has 124 valence electrons. The maximum Gasteiger partial charge on any atom is 0.347 e. The number of carbonyl (C=O) groups excluding carboxylic acids is 2. The van der Waals surface area contributed by atoms with Gasteiger partial charge in [0.15, 0.2) is 5.57 Å². The van der Waals surface area contributed by atoms with Crippen LogP contribution >= 0.6 is 11.6 Å². The molecule has 0 radical (unpaired) electrons. The number of halogens is 1. The van der Waals surface area contributed by atoms with Crippen molar-refractivity contribution in [3.8, 4) is 0 Å². The van der Waals surface area contributed by atoms with E-state index in [1.54, 1.807) is 13.8 Å². The van der Waals surface area contributed by atoms with Crippen LogP contribution in [0.1, 0.15) is 13.8 Å². The van der Waals surface area contributed by atoms with Crippen LogP contribution in [-0.2, 0) is 19.1 Å². The number of rotatable bonds is 7. The molecule has 0 saturated heterocycles. The molecule has 1 aromatic rings. The van der Waals surface area contributed by atoms with Crippen molar-refractivity contribution in [3.05, 3.63) is 45.1 Å². The van der Waals surface area contributed by atoms with Crippen molar-refractivity contribution in [1.82, 2.24) is 0 Å². The number of carbonyl (C=O) groups is 2. The molecule has 1 rings (SSSR count). The fourth-order valence-corrected chi connectivity index (χ4v) is 1.71. The number of hydrogen-bond acceptors (Lipinski definition) is 7. The Morgan fingerprint density at radius 2 is 1.83 bits per heavy atom. The van der Waals surface area contributed by atoms with E-state index in [0.717, 1.165) is 12.3 Å². The summed E-state index contributed by atoms with van der Waals surface area (Å²) in [5.41, 5.74) is -0.649. The smallest absolute Gasteiger partial charge is 0.347 e. The molecular formula is C14H15ClN2O6. The summed E-state index contributed by atoms with van der Waals surface area (Å²) in [6, 6.07) is 3.93. The maximum atomic E-state index is 11.8. The van der Waals surface area contributed by atoms with Crippen LogP contribution in [0.15, 0.2) is 30.0 Å². The van der Waals surface area contributed by atoms with Crippen molar-refractivity contribution in [2.75, 3.05) is 18.5 Å². The van der Waals surface area contributed by atoms with Crippen LogP contribution in [0, 0.1) is 10.1 Å². The first-order chi connectivity index (χ1) is 10.9. The van der Waals surface area contributed by atoms with E-state index in [2.05, 4.69) is 5.32 Å². The van der Waals surface area contributed by atoms with Gasteiger partial charge in [-0.2, -0.15) is 0 Å². The van der Waals surface area contributed by atoms with E-state index in [9.17, 15) is 19.7 Å². The normalized spacial score (nSPS) is 9.70. The average Bonchev–Trinajstić information content (AvgIpc) is 2.49. The third-order valence-corrected chi connectivity index (χ3v) is 2.75. The number of esters is 2. The Labute approximate surface area is 137 Å². The van der Waals surface area contributed by atoms with Crippen molar-refractivity contribution in [2.24, 2.45) is 0 Å². The van der Waals surface area contributed by atoms with Gasteiger partial charge in [0.2, 0.25) is 0 Å².